The van der Waals surface area contributed by atoms with Gasteiger partial charge in [0.15, 0.2) is 0 Å². The molecule has 0 amide bonds. The van der Waals surface area contributed by atoms with E-state index in [0.29, 0.717) is 0 Å². The summed E-state index contributed by atoms with van der Waals surface area (Å²) in [6, 6.07) is 0. The molecule has 2 N–H and O–H groups in total. The first kappa shape index (κ1) is 12.0. The van der Waals surface area contributed by atoms with Crippen LogP contribution in [0.15, 0.2) is 0 Å². The molecule has 0 radical (unpaired) electrons. The van der Waals surface area contributed by atoms with Gasteiger partial charge in [-0.3, -0.25) is 0 Å². The second-order valence-electron chi connectivity index (χ2n) is 4.22. The zero-order chi connectivity index (χ0) is 9.40. The average molecular weight is 171 g/mol. The maximum atomic E-state index is 5.68. The molecule has 0 aromatic heterocycles. The third-order valence-corrected chi connectivity index (χ3v) is 2.42. The molecule has 1 unspecified atom stereocenters. The lowest BCUT2D eigenvalue weighted by atomic mass is 9.95. The first-order chi connectivity index (χ1) is 5.70. The van der Waals surface area contributed by atoms with Gasteiger partial charge in [-0.1, -0.05) is 40.0 Å². The van der Waals surface area contributed by atoms with Crippen LogP contribution in [0, 0.1) is 11.8 Å². The number of hydrogen-bond donors (Lipinski definition) is 1. The van der Waals surface area contributed by atoms with Crippen molar-refractivity contribution in [3.05, 3.63) is 0 Å². The Morgan fingerprint density at radius 1 is 1.08 bits per heavy atom. The lowest BCUT2D eigenvalue weighted by Gasteiger charge is -2.13. The van der Waals surface area contributed by atoms with Crippen LogP contribution in [-0.4, -0.2) is 6.54 Å². The highest BCUT2D eigenvalue weighted by molar-refractivity contribution is 4.60. The maximum Gasteiger partial charge on any atom is -0.00489 e. The Bertz CT molecular complexity index is 89.0. The summed E-state index contributed by atoms with van der Waals surface area (Å²) in [5, 5.41) is 0. The molecule has 0 saturated carbocycles. The second-order valence-corrected chi connectivity index (χ2v) is 4.22. The largest absolute Gasteiger partial charge is 0.330 e. The molecule has 74 valence electrons. The lowest BCUT2D eigenvalue weighted by molar-refractivity contribution is 0.413. The van der Waals surface area contributed by atoms with Crippen molar-refractivity contribution in [2.45, 2.75) is 52.9 Å². The lowest BCUT2D eigenvalue weighted by Crippen LogP contribution is -2.14. The Kier molecular flexibility index (Phi) is 7.58. The van der Waals surface area contributed by atoms with Gasteiger partial charge in [0, 0.05) is 0 Å². The highest BCUT2D eigenvalue weighted by Crippen LogP contribution is 2.15. The van der Waals surface area contributed by atoms with Crippen molar-refractivity contribution < 1.29 is 0 Å². The van der Waals surface area contributed by atoms with Gasteiger partial charge in [0.25, 0.3) is 0 Å². The average Bonchev–Trinajstić information content (AvgIpc) is 2.02. The highest BCUT2D eigenvalue weighted by Gasteiger charge is 2.05. The molecule has 1 heteroatoms. The molecule has 0 heterocycles. The van der Waals surface area contributed by atoms with Crippen LogP contribution in [0.2, 0.25) is 0 Å². The van der Waals surface area contributed by atoms with Crippen LogP contribution >= 0.6 is 0 Å². The van der Waals surface area contributed by atoms with Crippen molar-refractivity contribution in [1.29, 1.82) is 0 Å². The minimum atomic E-state index is 0.786. The van der Waals surface area contributed by atoms with E-state index in [-0.39, 0.29) is 0 Å². The van der Waals surface area contributed by atoms with Crippen LogP contribution < -0.4 is 5.73 Å². The van der Waals surface area contributed by atoms with Gasteiger partial charge < -0.3 is 5.73 Å². The van der Waals surface area contributed by atoms with E-state index >= 15 is 0 Å². The van der Waals surface area contributed by atoms with Crippen LogP contribution in [-0.2, 0) is 0 Å². The van der Waals surface area contributed by atoms with E-state index in [4.69, 9.17) is 5.73 Å². The Balaban J connectivity index is 3.31. The molecule has 0 aliphatic heterocycles. The Morgan fingerprint density at radius 3 is 2.17 bits per heavy atom. The molecule has 0 aliphatic carbocycles. The predicted octanol–water partition coefficient (Wildman–Crippen LogP) is 3.19. The zero-order valence-corrected chi connectivity index (χ0v) is 8.97. The second kappa shape index (κ2) is 7.60. The first-order valence-corrected chi connectivity index (χ1v) is 5.40. The summed E-state index contributed by atoms with van der Waals surface area (Å²) >= 11 is 0. The topological polar surface area (TPSA) is 26.0 Å². The maximum absolute atomic E-state index is 5.68. The minimum Gasteiger partial charge on any atom is -0.330 e. The Hall–Kier alpha value is -0.0400. The molecule has 0 aromatic carbocycles. The summed E-state index contributed by atoms with van der Waals surface area (Å²) in [5.41, 5.74) is 5.68. The number of hydrogen-bond acceptors (Lipinski definition) is 1. The SMILES string of the molecule is CCCC(CN)CCCC(C)C. The van der Waals surface area contributed by atoms with E-state index in [1.54, 1.807) is 0 Å². The van der Waals surface area contributed by atoms with E-state index < -0.39 is 0 Å². The fourth-order valence-electron chi connectivity index (χ4n) is 1.60. The standard InChI is InChI=1S/C11H25N/c1-4-6-11(9-12)8-5-7-10(2)3/h10-11H,4-9,12H2,1-3H3. The molecule has 0 fully saturated rings. The fraction of sp³-hybridized carbons (Fsp3) is 1.00. The van der Waals surface area contributed by atoms with E-state index in [9.17, 15) is 0 Å². The normalized spacial score (nSPS) is 13.8. The molecule has 0 rings (SSSR count). The summed E-state index contributed by atoms with van der Waals surface area (Å²) in [6.07, 6.45) is 6.65. The Labute approximate surface area is 77.7 Å². The van der Waals surface area contributed by atoms with Crippen molar-refractivity contribution in [2.24, 2.45) is 17.6 Å². The fourth-order valence-corrected chi connectivity index (χ4v) is 1.60. The number of rotatable bonds is 7. The molecule has 1 nitrogen and oxygen atoms in total. The smallest absolute Gasteiger partial charge is 0.00489 e. The van der Waals surface area contributed by atoms with Gasteiger partial charge >= 0.3 is 0 Å². The Morgan fingerprint density at radius 2 is 1.75 bits per heavy atom. The van der Waals surface area contributed by atoms with Crippen molar-refractivity contribution in [2.75, 3.05) is 6.54 Å². The van der Waals surface area contributed by atoms with Gasteiger partial charge in [0.1, 0.15) is 0 Å². The quantitative estimate of drug-likeness (QED) is 0.625. The zero-order valence-electron chi connectivity index (χ0n) is 8.97. The van der Waals surface area contributed by atoms with Crippen molar-refractivity contribution in [3.63, 3.8) is 0 Å². The molecule has 0 aromatic rings. The van der Waals surface area contributed by atoms with Gasteiger partial charge in [-0.15, -0.1) is 0 Å². The number of nitrogens with two attached hydrogens (primary N) is 1. The van der Waals surface area contributed by atoms with Crippen LogP contribution in [0.4, 0.5) is 0 Å². The van der Waals surface area contributed by atoms with E-state index in [1.807, 2.05) is 0 Å². The molecular formula is C11H25N. The summed E-state index contributed by atoms with van der Waals surface area (Å²) in [5.74, 6) is 1.64. The van der Waals surface area contributed by atoms with E-state index in [1.165, 1.54) is 32.1 Å². The van der Waals surface area contributed by atoms with Crippen LogP contribution in [0.5, 0.6) is 0 Å². The van der Waals surface area contributed by atoms with Gasteiger partial charge in [0.05, 0.1) is 0 Å². The molecule has 12 heavy (non-hydrogen) atoms. The van der Waals surface area contributed by atoms with E-state index in [0.717, 1.165) is 18.4 Å². The molecule has 0 bridgehead atoms. The molecule has 0 aliphatic rings. The summed E-state index contributed by atoms with van der Waals surface area (Å²) in [7, 11) is 0. The van der Waals surface area contributed by atoms with E-state index in [2.05, 4.69) is 20.8 Å². The van der Waals surface area contributed by atoms with Crippen molar-refractivity contribution >= 4 is 0 Å². The van der Waals surface area contributed by atoms with Crippen LogP contribution in [0.3, 0.4) is 0 Å². The monoisotopic (exact) mass is 171 g/mol. The first-order valence-electron chi connectivity index (χ1n) is 5.40. The summed E-state index contributed by atoms with van der Waals surface area (Å²) in [6.45, 7) is 7.70. The minimum absolute atomic E-state index is 0.786. The molecule has 0 spiro atoms. The molecule has 0 saturated heterocycles. The van der Waals surface area contributed by atoms with Gasteiger partial charge in [-0.2, -0.15) is 0 Å². The van der Waals surface area contributed by atoms with Gasteiger partial charge in [0.2, 0.25) is 0 Å². The predicted molar refractivity (Wildman–Crippen MR) is 56.1 cm³/mol. The summed E-state index contributed by atoms with van der Waals surface area (Å²) in [4.78, 5) is 0. The van der Waals surface area contributed by atoms with Gasteiger partial charge in [-0.25, -0.2) is 0 Å². The van der Waals surface area contributed by atoms with Gasteiger partial charge in [-0.05, 0) is 31.2 Å². The third-order valence-electron chi connectivity index (χ3n) is 2.42. The highest BCUT2D eigenvalue weighted by atomic mass is 14.5. The van der Waals surface area contributed by atoms with Crippen molar-refractivity contribution in [3.8, 4) is 0 Å². The van der Waals surface area contributed by atoms with Crippen LogP contribution in [0.25, 0.3) is 0 Å². The third kappa shape index (κ3) is 6.66. The van der Waals surface area contributed by atoms with Crippen molar-refractivity contribution in [1.82, 2.24) is 0 Å². The van der Waals surface area contributed by atoms with Crippen LogP contribution in [0.1, 0.15) is 52.9 Å². The molecular weight excluding hydrogens is 146 g/mol. The molecule has 1 atom stereocenters. The summed E-state index contributed by atoms with van der Waals surface area (Å²) < 4.78 is 0.